The van der Waals surface area contributed by atoms with Crippen LogP contribution in [0.2, 0.25) is 0 Å². The SMILES string of the molecule is CCCOc1ccc(C(=O)NCc2nnc3ccccn23)cc1OCC. The first kappa shape index (κ1) is 17.7. The second-order valence-corrected chi connectivity index (χ2v) is 5.67. The number of benzene rings is 1. The van der Waals surface area contributed by atoms with Crippen LogP contribution in [-0.2, 0) is 6.54 Å². The summed E-state index contributed by atoms with van der Waals surface area (Å²) in [6, 6.07) is 10.8. The average molecular weight is 354 g/mol. The summed E-state index contributed by atoms with van der Waals surface area (Å²) in [6.45, 7) is 5.32. The third-order valence-corrected chi connectivity index (χ3v) is 3.76. The maximum Gasteiger partial charge on any atom is 0.251 e. The van der Waals surface area contributed by atoms with Crippen LogP contribution in [0.5, 0.6) is 11.5 Å². The van der Waals surface area contributed by atoms with E-state index in [0.29, 0.717) is 36.1 Å². The Morgan fingerprint density at radius 3 is 2.81 bits per heavy atom. The predicted octanol–water partition coefficient (Wildman–Crippen LogP) is 2.85. The fourth-order valence-corrected chi connectivity index (χ4v) is 2.52. The number of rotatable bonds is 8. The summed E-state index contributed by atoms with van der Waals surface area (Å²) in [4.78, 5) is 12.5. The molecule has 2 aromatic heterocycles. The molecular formula is C19H22N4O3. The van der Waals surface area contributed by atoms with Gasteiger partial charge in [0.25, 0.3) is 5.91 Å². The molecule has 0 spiro atoms. The Morgan fingerprint density at radius 1 is 1.12 bits per heavy atom. The number of carbonyl (C=O) groups is 1. The van der Waals surface area contributed by atoms with E-state index in [2.05, 4.69) is 15.5 Å². The quantitative estimate of drug-likeness (QED) is 0.673. The molecule has 7 heteroatoms. The van der Waals surface area contributed by atoms with Crippen LogP contribution in [0.15, 0.2) is 42.6 Å². The van der Waals surface area contributed by atoms with E-state index in [1.54, 1.807) is 18.2 Å². The second kappa shape index (κ2) is 8.33. The lowest BCUT2D eigenvalue weighted by atomic mass is 10.2. The minimum atomic E-state index is -0.208. The molecule has 0 bridgehead atoms. The van der Waals surface area contributed by atoms with Crippen molar-refractivity contribution in [2.45, 2.75) is 26.8 Å². The van der Waals surface area contributed by atoms with Crippen LogP contribution in [0.3, 0.4) is 0 Å². The molecule has 1 aromatic carbocycles. The van der Waals surface area contributed by atoms with Crippen LogP contribution < -0.4 is 14.8 Å². The number of aromatic nitrogens is 3. The van der Waals surface area contributed by atoms with E-state index >= 15 is 0 Å². The van der Waals surface area contributed by atoms with Gasteiger partial charge in [0.2, 0.25) is 0 Å². The van der Waals surface area contributed by atoms with Gasteiger partial charge in [0.05, 0.1) is 19.8 Å². The molecule has 0 aliphatic heterocycles. The van der Waals surface area contributed by atoms with Gasteiger partial charge in [-0.1, -0.05) is 13.0 Å². The molecule has 7 nitrogen and oxygen atoms in total. The first-order valence-electron chi connectivity index (χ1n) is 8.69. The van der Waals surface area contributed by atoms with Gasteiger partial charge in [-0.05, 0) is 43.7 Å². The molecule has 3 rings (SSSR count). The highest BCUT2D eigenvalue weighted by Gasteiger charge is 2.13. The van der Waals surface area contributed by atoms with Gasteiger partial charge in [-0.2, -0.15) is 0 Å². The molecule has 3 aromatic rings. The van der Waals surface area contributed by atoms with Gasteiger partial charge in [0.1, 0.15) is 0 Å². The average Bonchev–Trinajstić information content (AvgIpc) is 3.08. The van der Waals surface area contributed by atoms with Crippen molar-refractivity contribution in [3.05, 3.63) is 54.0 Å². The number of hydrogen-bond acceptors (Lipinski definition) is 5. The fraction of sp³-hybridized carbons (Fsp3) is 0.316. The lowest BCUT2D eigenvalue weighted by Gasteiger charge is -2.13. The molecular weight excluding hydrogens is 332 g/mol. The standard InChI is InChI=1S/C19H22N4O3/c1-3-11-26-15-9-8-14(12-16(15)25-4-2)19(24)20-13-18-22-21-17-7-5-6-10-23(17)18/h5-10,12H,3-4,11,13H2,1-2H3,(H,20,24). The molecule has 2 heterocycles. The van der Waals surface area contributed by atoms with E-state index in [-0.39, 0.29) is 12.5 Å². The van der Waals surface area contributed by atoms with Gasteiger partial charge in [-0.15, -0.1) is 10.2 Å². The normalized spacial score (nSPS) is 10.7. The Morgan fingerprint density at radius 2 is 2.00 bits per heavy atom. The van der Waals surface area contributed by atoms with E-state index in [9.17, 15) is 4.79 Å². The van der Waals surface area contributed by atoms with Crippen molar-refractivity contribution < 1.29 is 14.3 Å². The summed E-state index contributed by atoms with van der Waals surface area (Å²) in [6.07, 6.45) is 2.77. The highest BCUT2D eigenvalue weighted by molar-refractivity contribution is 5.94. The Hall–Kier alpha value is -3.09. The van der Waals surface area contributed by atoms with Crippen LogP contribution in [0, 0.1) is 0 Å². The van der Waals surface area contributed by atoms with E-state index in [1.807, 2.05) is 42.6 Å². The maximum absolute atomic E-state index is 12.5. The van der Waals surface area contributed by atoms with Gasteiger partial charge in [-0.25, -0.2) is 0 Å². The van der Waals surface area contributed by atoms with Crippen molar-refractivity contribution in [3.8, 4) is 11.5 Å². The predicted molar refractivity (Wildman–Crippen MR) is 97.6 cm³/mol. The fourth-order valence-electron chi connectivity index (χ4n) is 2.52. The summed E-state index contributed by atoms with van der Waals surface area (Å²) >= 11 is 0. The van der Waals surface area contributed by atoms with Gasteiger partial charge in [0.15, 0.2) is 23.0 Å². The molecule has 1 N–H and O–H groups in total. The highest BCUT2D eigenvalue weighted by Crippen LogP contribution is 2.28. The molecule has 0 atom stereocenters. The Balaban J connectivity index is 1.71. The van der Waals surface area contributed by atoms with Crippen molar-refractivity contribution in [1.29, 1.82) is 0 Å². The number of ether oxygens (including phenoxy) is 2. The van der Waals surface area contributed by atoms with E-state index in [0.717, 1.165) is 12.1 Å². The summed E-state index contributed by atoms with van der Waals surface area (Å²) in [7, 11) is 0. The first-order chi connectivity index (χ1) is 12.7. The molecule has 0 saturated carbocycles. The molecule has 26 heavy (non-hydrogen) atoms. The first-order valence-corrected chi connectivity index (χ1v) is 8.69. The zero-order chi connectivity index (χ0) is 18.4. The van der Waals surface area contributed by atoms with Crippen molar-refractivity contribution in [3.63, 3.8) is 0 Å². The van der Waals surface area contributed by atoms with Crippen molar-refractivity contribution >= 4 is 11.6 Å². The van der Waals surface area contributed by atoms with Crippen molar-refractivity contribution in [1.82, 2.24) is 19.9 Å². The number of nitrogens with one attached hydrogen (secondary N) is 1. The minimum Gasteiger partial charge on any atom is -0.490 e. The molecule has 0 aliphatic rings. The second-order valence-electron chi connectivity index (χ2n) is 5.67. The molecule has 1 amide bonds. The lowest BCUT2D eigenvalue weighted by molar-refractivity contribution is 0.0949. The number of pyridine rings is 1. The van der Waals surface area contributed by atoms with E-state index in [1.165, 1.54) is 0 Å². The van der Waals surface area contributed by atoms with Crippen LogP contribution in [-0.4, -0.2) is 33.7 Å². The third-order valence-electron chi connectivity index (χ3n) is 3.76. The summed E-state index contributed by atoms with van der Waals surface area (Å²) in [5.74, 6) is 1.68. The molecule has 0 saturated heterocycles. The maximum atomic E-state index is 12.5. The summed E-state index contributed by atoms with van der Waals surface area (Å²) in [5.41, 5.74) is 1.25. The minimum absolute atomic E-state index is 0.208. The molecule has 136 valence electrons. The van der Waals surface area contributed by atoms with Gasteiger partial charge in [-0.3, -0.25) is 9.20 Å². The Kier molecular flexibility index (Phi) is 5.68. The van der Waals surface area contributed by atoms with Gasteiger partial charge >= 0.3 is 0 Å². The van der Waals surface area contributed by atoms with Crippen molar-refractivity contribution in [2.75, 3.05) is 13.2 Å². The Labute approximate surface area is 152 Å². The number of hydrogen-bond donors (Lipinski definition) is 1. The summed E-state index contributed by atoms with van der Waals surface area (Å²) in [5, 5.41) is 11.0. The summed E-state index contributed by atoms with van der Waals surface area (Å²) < 4.78 is 13.1. The third kappa shape index (κ3) is 3.93. The topological polar surface area (TPSA) is 77.8 Å². The van der Waals surface area contributed by atoms with E-state index < -0.39 is 0 Å². The molecule has 0 radical (unpaired) electrons. The largest absolute Gasteiger partial charge is 0.490 e. The van der Waals surface area contributed by atoms with Crippen LogP contribution >= 0.6 is 0 Å². The van der Waals surface area contributed by atoms with Crippen LogP contribution in [0.25, 0.3) is 5.65 Å². The molecule has 0 aliphatic carbocycles. The number of amides is 1. The van der Waals surface area contributed by atoms with Gasteiger partial charge < -0.3 is 14.8 Å². The Bertz CT molecular complexity index is 891. The van der Waals surface area contributed by atoms with E-state index in [4.69, 9.17) is 9.47 Å². The monoisotopic (exact) mass is 354 g/mol. The smallest absolute Gasteiger partial charge is 0.251 e. The highest BCUT2D eigenvalue weighted by atomic mass is 16.5. The molecule has 0 fully saturated rings. The zero-order valence-corrected chi connectivity index (χ0v) is 14.9. The number of carbonyl (C=O) groups excluding carboxylic acids is 1. The molecule has 0 unspecified atom stereocenters. The zero-order valence-electron chi connectivity index (χ0n) is 14.9. The number of nitrogens with zero attached hydrogens (tertiary/aromatic N) is 3. The van der Waals surface area contributed by atoms with Gasteiger partial charge in [0, 0.05) is 11.8 Å². The van der Waals surface area contributed by atoms with Crippen molar-refractivity contribution in [2.24, 2.45) is 0 Å². The van der Waals surface area contributed by atoms with Crippen LogP contribution in [0.1, 0.15) is 36.5 Å². The van der Waals surface area contributed by atoms with Crippen LogP contribution in [0.4, 0.5) is 0 Å². The lowest BCUT2D eigenvalue weighted by Crippen LogP contribution is -2.24. The number of fused-ring (bicyclic) bond motifs is 1.